The first kappa shape index (κ1) is 23.8. The molecule has 0 bridgehead atoms. The van der Waals surface area contributed by atoms with E-state index in [1.807, 2.05) is 0 Å². The Bertz CT molecular complexity index is 1120. The van der Waals surface area contributed by atoms with Crippen molar-refractivity contribution in [3.8, 4) is 0 Å². The summed E-state index contributed by atoms with van der Waals surface area (Å²) < 4.78 is 39.6. The molecule has 2 aromatic rings. The lowest BCUT2D eigenvalue weighted by atomic mass is 9.91. The summed E-state index contributed by atoms with van der Waals surface area (Å²) in [5, 5.41) is 4.56. The number of nitrogens with one attached hydrogen (secondary N) is 1. The van der Waals surface area contributed by atoms with Crippen LogP contribution in [0.2, 0.25) is 0 Å². The van der Waals surface area contributed by atoms with Crippen LogP contribution in [0.15, 0.2) is 41.9 Å². The van der Waals surface area contributed by atoms with E-state index in [0.717, 1.165) is 61.1 Å². The van der Waals surface area contributed by atoms with Crippen molar-refractivity contribution in [1.82, 2.24) is 20.2 Å². The summed E-state index contributed by atoms with van der Waals surface area (Å²) in [6.07, 6.45) is 6.81. The van der Waals surface area contributed by atoms with Gasteiger partial charge in [0.25, 0.3) is 5.91 Å². The Morgan fingerprint density at radius 1 is 1.06 bits per heavy atom. The van der Waals surface area contributed by atoms with Crippen LogP contribution in [0.1, 0.15) is 48.0 Å². The van der Waals surface area contributed by atoms with E-state index >= 15 is 0 Å². The minimum atomic E-state index is -4.59. The molecule has 7 nitrogen and oxygen atoms in total. The summed E-state index contributed by atoms with van der Waals surface area (Å²) in [6.45, 7) is 1.42. The summed E-state index contributed by atoms with van der Waals surface area (Å²) in [5.74, 6) is -0.332. The van der Waals surface area contributed by atoms with Crippen molar-refractivity contribution in [2.24, 2.45) is 10.9 Å². The van der Waals surface area contributed by atoms with E-state index in [9.17, 15) is 22.8 Å². The number of amides is 2. The number of hydrogen-bond donors (Lipinski definition) is 1. The number of carbonyl (C=O) groups is 2. The maximum absolute atomic E-state index is 13.2. The third-order valence-corrected chi connectivity index (χ3v) is 6.31. The van der Waals surface area contributed by atoms with Crippen molar-refractivity contribution < 1.29 is 22.8 Å². The van der Waals surface area contributed by atoms with Gasteiger partial charge >= 0.3 is 6.18 Å². The van der Waals surface area contributed by atoms with Crippen LogP contribution in [0.3, 0.4) is 0 Å². The highest BCUT2D eigenvalue weighted by molar-refractivity contribution is 5.95. The van der Waals surface area contributed by atoms with Gasteiger partial charge in [0.15, 0.2) is 0 Å². The number of piperidine rings is 1. The average Bonchev–Trinajstić information content (AvgIpc) is 3.28. The minimum absolute atomic E-state index is 0.128. The van der Waals surface area contributed by atoms with Crippen molar-refractivity contribution >= 4 is 17.9 Å². The quantitative estimate of drug-likeness (QED) is 0.624. The average molecular weight is 473 g/mol. The van der Waals surface area contributed by atoms with Gasteiger partial charge in [-0.2, -0.15) is 13.2 Å². The number of pyridine rings is 2. The number of hydrogen-bond acceptors (Lipinski definition) is 5. The Morgan fingerprint density at radius 3 is 2.53 bits per heavy atom. The van der Waals surface area contributed by atoms with Gasteiger partial charge in [0.1, 0.15) is 6.04 Å². The predicted molar refractivity (Wildman–Crippen MR) is 118 cm³/mol. The zero-order valence-corrected chi connectivity index (χ0v) is 18.6. The molecule has 1 saturated heterocycles. The molecule has 4 heterocycles. The molecular formula is C24H26F3N5O2. The van der Waals surface area contributed by atoms with Crippen molar-refractivity contribution in [1.29, 1.82) is 0 Å². The van der Waals surface area contributed by atoms with Crippen LogP contribution in [-0.4, -0.2) is 52.4 Å². The fourth-order valence-electron chi connectivity index (χ4n) is 4.42. The van der Waals surface area contributed by atoms with Crippen LogP contribution < -0.4 is 15.9 Å². The maximum Gasteiger partial charge on any atom is 0.417 e. The number of aromatic nitrogens is 2. The second-order valence-corrected chi connectivity index (χ2v) is 8.62. The summed E-state index contributed by atoms with van der Waals surface area (Å²) in [7, 11) is 0. The fourth-order valence-corrected chi connectivity index (χ4v) is 4.42. The normalized spacial score (nSPS) is 18.1. The van der Waals surface area contributed by atoms with Gasteiger partial charge < -0.3 is 10.2 Å². The maximum atomic E-state index is 13.2. The van der Waals surface area contributed by atoms with E-state index in [2.05, 4.69) is 20.3 Å². The first-order valence-electron chi connectivity index (χ1n) is 11.4. The monoisotopic (exact) mass is 473 g/mol. The highest BCUT2D eigenvalue weighted by Crippen LogP contribution is 2.32. The summed E-state index contributed by atoms with van der Waals surface area (Å²) >= 11 is 0. The molecule has 2 aliphatic rings. The molecule has 0 radical (unpaired) electrons. The van der Waals surface area contributed by atoms with Crippen LogP contribution in [0, 0.1) is 5.92 Å². The first-order chi connectivity index (χ1) is 16.3. The Labute approximate surface area is 194 Å². The number of halogens is 3. The molecule has 2 amide bonds. The molecule has 0 aromatic carbocycles. The number of carbonyl (C=O) groups excluding carboxylic acids is 2. The second-order valence-electron chi connectivity index (χ2n) is 8.62. The standard InChI is InChI=1S/C24H26F3N5O2/c25-24(26,27)19-4-9-29-15-18(19)23(34)32-11-6-16(7-12-32)3-1-2-8-30-22(33)21-13-17-14-28-10-5-20(17)31-21/h4-5,9-10,13-16,21H,1-3,6-8,11-12H2,(H,30,33). The van der Waals surface area contributed by atoms with Crippen molar-refractivity contribution in [3.63, 3.8) is 0 Å². The van der Waals surface area contributed by atoms with Gasteiger partial charge in [0.05, 0.1) is 16.5 Å². The van der Waals surface area contributed by atoms with Gasteiger partial charge in [-0.05, 0) is 43.4 Å². The van der Waals surface area contributed by atoms with E-state index in [0.29, 0.717) is 25.6 Å². The van der Waals surface area contributed by atoms with Crippen molar-refractivity contribution in [2.45, 2.75) is 44.3 Å². The number of nitrogens with zero attached hydrogens (tertiary/aromatic N) is 4. The Kier molecular flexibility index (Phi) is 7.23. The highest BCUT2D eigenvalue weighted by Gasteiger charge is 2.36. The van der Waals surface area contributed by atoms with Gasteiger partial charge in [0.2, 0.25) is 5.91 Å². The van der Waals surface area contributed by atoms with E-state index < -0.39 is 29.3 Å². The van der Waals surface area contributed by atoms with Crippen molar-refractivity contribution in [3.05, 3.63) is 58.6 Å². The second kappa shape index (κ2) is 10.3. The molecule has 34 heavy (non-hydrogen) atoms. The van der Waals surface area contributed by atoms with Gasteiger partial charge in [0, 0.05) is 49.6 Å². The Hall–Kier alpha value is -3.30. The highest BCUT2D eigenvalue weighted by atomic mass is 19.4. The van der Waals surface area contributed by atoms with E-state index in [1.54, 1.807) is 24.5 Å². The van der Waals surface area contributed by atoms with Crippen LogP contribution in [0.4, 0.5) is 13.2 Å². The topological polar surface area (TPSA) is 87.5 Å². The Morgan fingerprint density at radius 2 is 1.79 bits per heavy atom. The molecule has 0 spiro atoms. The number of alkyl halides is 3. The molecule has 0 aliphatic carbocycles. The third kappa shape index (κ3) is 5.60. The number of likely N-dealkylation sites (tertiary alicyclic amines) is 1. The SMILES string of the molecule is O=C(NCCCCC1CCN(C(=O)c2cnccc2C(F)(F)F)CC1)C1C=c2cnccc2=N1. The van der Waals surface area contributed by atoms with Crippen LogP contribution in [0.25, 0.3) is 6.08 Å². The van der Waals surface area contributed by atoms with E-state index in [-0.39, 0.29) is 5.91 Å². The molecule has 4 rings (SSSR count). The lowest BCUT2D eigenvalue weighted by Gasteiger charge is -2.32. The predicted octanol–water partition coefficient (Wildman–Crippen LogP) is 2.12. The first-order valence-corrected chi connectivity index (χ1v) is 11.4. The number of unbranched alkanes of at least 4 members (excludes halogenated alkanes) is 1. The zero-order valence-electron chi connectivity index (χ0n) is 18.6. The molecule has 1 N–H and O–H groups in total. The molecule has 180 valence electrons. The molecule has 1 unspecified atom stereocenters. The molecule has 2 aliphatic heterocycles. The number of fused-ring (bicyclic) bond motifs is 1. The summed E-state index contributed by atoms with van der Waals surface area (Å²) in [6, 6.07) is 2.11. The largest absolute Gasteiger partial charge is 0.417 e. The van der Waals surface area contributed by atoms with Crippen LogP contribution in [-0.2, 0) is 11.0 Å². The van der Waals surface area contributed by atoms with Crippen LogP contribution >= 0.6 is 0 Å². The molecule has 0 saturated carbocycles. The molecule has 10 heteroatoms. The van der Waals surface area contributed by atoms with Gasteiger partial charge in [-0.25, -0.2) is 0 Å². The minimum Gasteiger partial charge on any atom is -0.354 e. The number of rotatable bonds is 7. The summed E-state index contributed by atoms with van der Waals surface area (Å²) in [4.78, 5) is 38.6. The summed E-state index contributed by atoms with van der Waals surface area (Å²) in [5.41, 5.74) is -1.34. The van der Waals surface area contributed by atoms with Gasteiger partial charge in [-0.15, -0.1) is 0 Å². The lowest BCUT2D eigenvalue weighted by Crippen LogP contribution is -2.39. The van der Waals surface area contributed by atoms with Gasteiger partial charge in [-0.3, -0.25) is 24.5 Å². The van der Waals surface area contributed by atoms with Gasteiger partial charge in [-0.1, -0.05) is 12.8 Å². The molecule has 2 aromatic heterocycles. The van der Waals surface area contributed by atoms with E-state index in [4.69, 9.17) is 0 Å². The molecular weight excluding hydrogens is 447 g/mol. The third-order valence-electron chi connectivity index (χ3n) is 6.31. The molecule has 1 atom stereocenters. The van der Waals surface area contributed by atoms with E-state index in [1.165, 1.54) is 4.90 Å². The smallest absolute Gasteiger partial charge is 0.354 e. The van der Waals surface area contributed by atoms with Crippen molar-refractivity contribution in [2.75, 3.05) is 19.6 Å². The fraction of sp³-hybridized carbons (Fsp3) is 0.458. The lowest BCUT2D eigenvalue weighted by molar-refractivity contribution is -0.138. The molecule has 1 fully saturated rings. The Balaban J connectivity index is 1.16. The zero-order chi connectivity index (χ0) is 24.1. The van der Waals surface area contributed by atoms with Crippen LogP contribution in [0.5, 0.6) is 0 Å².